The van der Waals surface area contributed by atoms with E-state index < -0.39 is 5.97 Å². The van der Waals surface area contributed by atoms with Crippen molar-refractivity contribution in [3.8, 4) is 0 Å². The Morgan fingerprint density at radius 2 is 1.56 bits per heavy atom. The number of pyridine rings is 1. The maximum Gasteiger partial charge on any atom is 0.323 e. The molecule has 0 aliphatic heterocycles. The van der Waals surface area contributed by atoms with E-state index >= 15 is 0 Å². The number of carboxylic acid groups (broad SMARTS) is 1. The minimum absolute atomic E-state index is 0.0288. The summed E-state index contributed by atoms with van der Waals surface area (Å²) in [4.78, 5) is 38.4. The van der Waals surface area contributed by atoms with Crippen LogP contribution in [0.3, 0.4) is 0 Å². The third-order valence-electron chi connectivity index (χ3n) is 4.92. The number of para-hydroxylation sites is 2. The highest BCUT2D eigenvalue weighted by Crippen LogP contribution is 2.20. The van der Waals surface area contributed by atoms with E-state index in [0.29, 0.717) is 28.2 Å². The molecular weight excluding hydrogens is 344 g/mol. The van der Waals surface area contributed by atoms with E-state index in [4.69, 9.17) is 0 Å². The van der Waals surface area contributed by atoms with Gasteiger partial charge in [0.2, 0.25) is 5.91 Å². The van der Waals surface area contributed by atoms with Crippen molar-refractivity contribution in [3.05, 3.63) is 58.8 Å². The first kappa shape index (κ1) is 18.6. The molecule has 0 bridgehead atoms. The maximum atomic E-state index is 13.0. The Labute approximate surface area is 156 Å². The standard InChI is InChI=1S/C21H22N2O4/c1-3-14(2)22(13-20(25)26)19(24)12-23-17-10-6-4-8-15(17)21(27)16-9-5-7-11-18(16)23/h4-11,14H,3,12-13H2,1-2H3,(H,25,26). The molecule has 0 saturated heterocycles. The first-order valence-corrected chi connectivity index (χ1v) is 8.95. The number of rotatable bonds is 6. The molecule has 1 N–H and O–H groups in total. The summed E-state index contributed by atoms with van der Waals surface area (Å²) in [5, 5.41) is 10.3. The monoisotopic (exact) mass is 366 g/mol. The minimum atomic E-state index is -1.04. The molecule has 0 aliphatic carbocycles. The van der Waals surface area contributed by atoms with Crippen LogP contribution in [0.25, 0.3) is 21.8 Å². The molecule has 1 aromatic heterocycles. The van der Waals surface area contributed by atoms with E-state index in [1.165, 1.54) is 4.90 Å². The van der Waals surface area contributed by atoms with Crippen LogP contribution in [0.2, 0.25) is 0 Å². The number of amides is 1. The molecule has 0 radical (unpaired) electrons. The first-order chi connectivity index (χ1) is 12.9. The van der Waals surface area contributed by atoms with Gasteiger partial charge in [0, 0.05) is 16.8 Å². The zero-order valence-electron chi connectivity index (χ0n) is 15.4. The topological polar surface area (TPSA) is 79.6 Å². The van der Waals surface area contributed by atoms with Gasteiger partial charge in [0.15, 0.2) is 5.43 Å². The van der Waals surface area contributed by atoms with Gasteiger partial charge in [-0.15, -0.1) is 0 Å². The third kappa shape index (κ3) is 3.56. The van der Waals surface area contributed by atoms with Gasteiger partial charge < -0.3 is 14.6 Å². The van der Waals surface area contributed by atoms with Crippen LogP contribution in [0.1, 0.15) is 20.3 Å². The number of aliphatic carboxylic acids is 1. The van der Waals surface area contributed by atoms with Gasteiger partial charge in [-0.1, -0.05) is 31.2 Å². The van der Waals surface area contributed by atoms with Gasteiger partial charge in [0.1, 0.15) is 13.1 Å². The molecule has 1 heterocycles. The van der Waals surface area contributed by atoms with Crippen LogP contribution in [-0.4, -0.2) is 39.0 Å². The predicted octanol–water partition coefficient (Wildman–Crippen LogP) is 2.87. The van der Waals surface area contributed by atoms with Crippen molar-refractivity contribution >= 4 is 33.7 Å². The number of aromatic nitrogens is 1. The number of hydrogen-bond acceptors (Lipinski definition) is 3. The van der Waals surface area contributed by atoms with Crippen molar-refractivity contribution in [3.63, 3.8) is 0 Å². The zero-order valence-corrected chi connectivity index (χ0v) is 15.4. The van der Waals surface area contributed by atoms with Crippen LogP contribution in [0.5, 0.6) is 0 Å². The molecule has 6 heteroatoms. The van der Waals surface area contributed by atoms with Crippen LogP contribution in [0, 0.1) is 0 Å². The summed E-state index contributed by atoms with van der Waals surface area (Å²) in [6, 6.07) is 14.1. The smallest absolute Gasteiger partial charge is 0.323 e. The van der Waals surface area contributed by atoms with Crippen molar-refractivity contribution in [2.75, 3.05) is 6.54 Å². The highest BCUT2D eigenvalue weighted by Gasteiger charge is 2.23. The second kappa shape index (κ2) is 7.61. The average molecular weight is 366 g/mol. The summed E-state index contributed by atoms with van der Waals surface area (Å²) >= 11 is 0. The molecule has 0 spiro atoms. The summed E-state index contributed by atoms with van der Waals surface area (Å²) in [5.74, 6) is -1.33. The Morgan fingerprint density at radius 3 is 2.04 bits per heavy atom. The summed E-state index contributed by atoms with van der Waals surface area (Å²) in [6.45, 7) is 3.38. The van der Waals surface area contributed by atoms with E-state index in [1.54, 1.807) is 41.0 Å². The summed E-state index contributed by atoms with van der Waals surface area (Å²) in [6.07, 6.45) is 0.657. The van der Waals surface area contributed by atoms with E-state index in [0.717, 1.165) is 0 Å². The minimum Gasteiger partial charge on any atom is -0.480 e. The number of benzene rings is 2. The number of carbonyl (C=O) groups is 2. The molecule has 140 valence electrons. The quantitative estimate of drug-likeness (QED) is 0.681. The Bertz CT molecular complexity index is 1010. The zero-order chi connectivity index (χ0) is 19.6. The van der Waals surface area contributed by atoms with Gasteiger partial charge >= 0.3 is 5.97 Å². The van der Waals surface area contributed by atoms with Crippen molar-refractivity contribution in [2.45, 2.75) is 32.9 Å². The van der Waals surface area contributed by atoms with Crippen molar-refractivity contribution < 1.29 is 14.7 Å². The fourth-order valence-electron chi connectivity index (χ4n) is 3.33. The van der Waals surface area contributed by atoms with Gasteiger partial charge in [-0.3, -0.25) is 14.4 Å². The molecule has 27 heavy (non-hydrogen) atoms. The van der Waals surface area contributed by atoms with Gasteiger partial charge in [-0.2, -0.15) is 0 Å². The Kier molecular flexibility index (Phi) is 5.26. The van der Waals surface area contributed by atoms with E-state index in [-0.39, 0.29) is 30.5 Å². The van der Waals surface area contributed by atoms with Crippen molar-refractivity contribution in [1.82, 2.24) is 9.47 Å². The number of nitrogens with zero attached hydrogens (tertiary/aromatic N) is 2. The summed E-state index contributed by atoms with van der Waals surface area (Å²) < 4.78 is 1.80. The number of hydrogen-bond donors (Lipinski definition) is 1. The fraction of sp³-hybridized carbons (Fsp3) is 0.286. The molecule has 2 aromatic carbocycles. The lowest BCUT2D eigenvalue weighted by molar-refractivity contribution is -0.146. The van der Waals surface area contributed by atoms with Gasteiger partial charge in [-0.25, -0.2) is 0 Å². The highest BCUT2D eigenvalue weighted by atomic mass is 16.4. The van der Waals surface area contributed by atoms with Gasteiger partial charge in [0.05, 0.1) is 11.0 Å². The van der Waals surface area contributed by atoms with E-state index in [1.807, 2.05) is 26.0 Å². The van der Waals surface area contributed by atoms with Gasteiger partial charge in [-0.05, 0) is 37.6 Å². The van der Waals surface area contributed by atoms with Crippen LogP contribution in [-0.2, 0) is 16.1 Å². The van der Waals surface area contributed by atoms with Crippen LogP contribution < -0.4 is 5.43 Å². The number of fused-ring (bicyclic) bond motifs is 2. The predicted molar refractivity (Wildman–Crippen MR) is 105 cm³/mol. The normalized spacial score (nSPS) is 12.2. The van der Waals surface area contributed by atoms with Crippen molar-refractivity contribution in [1.29, 1.82) is 0 Å². The van der Waals surface area contributed by atoms with Crippen LogP contribution in [0.15, 0.2) is 53.3 Å². The SMILES string of the molecule is CCC(C)N(CC(=O)O)C(=O)Cn1c2ccccc2c(=O)c2ccccc21. The summed E-state index contributed by atoms with van der Waals surface area (Å²) in [7, 11) is 0. The first-order valence-electron chi connectivity index (χ1n) is 8.95. The fourth-order valence-corrected chi connectivity index (χ4v) is 3.33. The lowest BCUT2D eigenvalue weighted by Crippen LogP contribution is -2.43. The van der Waals surface area contributed by atoms with Crippen LogP contribution in [0.4, 0.5) is 0 Å². The molecular formula is C21H22N2O4. The lowest BCUT2D eigenvalue weighted by Gasteiger charge is -2.28. The second-order valence-corrected chi connectivity index (χ2v) is 6.62. The van der Waals surface area contributed by atoms with Crippen molar-refractivity contribution in [2.24, 2.45) is 0 Å². The second-order valence-electron chi connectivity index (χ2n) is 6.62. The van der Waals surface area contributed by atoms with Gasteiger partial charge in [0.25, 0.3) is 0 Å². The molecule has 1 atom stereocenters. The largest absolute Gasteiger partial charge is 0.480 e. The lowest BCUT2D eigenvalue weighted by atomic mass is 10.1. The highest BCUT2D eigenvalue weighted by molar-refractivity contribution is 5.95. The average Bonchev–Trinajstić information content (AvgIpc) is 2.68. The number of carboxylic acids is 1. The number of carbonyl (C=O) groups excluding carboxylic acids is 1. The van der Waals surface area contributed by atoms with Crippen LogP contribution >= 0.6 is 0 Å². The molecule has 3 aromatic rings. The molecule has 3 rings (SSSR count). The van der Waals surface area contributed by atoms with E-state index in [9.17, 15) is 19.5 Å². The third-order valence-corrected chi connectivity index (χ3v) is 4.92. The van der Waals surface area contributed by atoms with E-state index in [2.05, 4.69) is 0 Å². The Balaban J connectivity index is 2.15. The molecule has 1 amide bonds. The molecule has 0 saturated carbocycles. The Morgan fingerprint density at radius 1 is 1.04 bits per heavy atom. The molecule has 1 unspecified atom stereocenters. The maximum absolute atomic E-state index is 13.0. The molecule has 0 aliphatic rings. The summed E-state index contributed by atoms with van der Waals surface area (Å²) in [5.41, 5.74) is 1.25. The Hall–Kier alpha value is -3.15. The molecule has 0 fully saturated rings. The molecule has 6 nitrogen and oxygen atoms in total.